The van der Waals surface area contributed by atoms with Crippen LogP contribution in [0.15, 0.2) is 39.7 Å². The number of aromatic nitrogens is 1. The van der Waals surface area contributed by atoms with Crippen LogP contribution in [0.2, 0.25) is 5.15 Å². The van der Waals surface area contributed by atoms with Crippen molar-refractivity contribution < 1.29 is 4.42 Å². The van der Waals surface area contributed by atoms with Gasteiger partial charge in [-0.2, -0.15) is 0 Å². The van der Waals surface area contributed by atoms with E-state index in [1.807, 2.05) is 12.1 Å². The zero-order chi connectivity index (χ0) is 10.7. The van der Waals surface area contributed by atoms with Gasteiger partial charge in [0, 0.05) is 12.1 Å². The van der Waals surface area contributed by atoms with Crippen LogP contribution in [0.1, 0.15) is 5.56 Å². The maximum atomic E-state index is 5.78. The summed E-state index contributed by atoms with van der Waals surface area (Å²) in [5.41, 5.74) is 1.99. The van der Waals surface area contributed by atoms with E-state index in [-0.39, 0.29) is 0 Å². The monoisotopic (exact) mass is 286 g/mol. The molecule has 15 heavy (non-hydrogen) atoms. The molecule has 3 nitrogen and oxygen atoms in total. The second-order valence-corrected chi connectivity index (χ2v) is 4.19. The van der Waals surface area contributed by atoms with Gasteiger partial charge in [0.1, 0.15) is 5.15 Å². The molecule has 2 aromatic rings. The van der Waals surface area contributed by atoms with E-state index < -0.39 is 0 Å². The third-order valence-electron chi connectivity index (χ3n) is 1.87. The highest BCUT2D eigenvalue weighted by Gasteiger charge is 2.00. The van der Waals surface area contributed by atoms with Gasteiger partial charge in [-0.05, 0) is 28.1 Å². The van der Waals surface area contributed by atoms with Crippen molar-refractivity contribution in [3.8, 4) is 0 Å². The first kappa shape index (κ1) is 10.5. The minimum atomic E-state index is 0.462. The van der Waals surface area contributed by atoms with Crippen LogP contribution in [0.4, 0.5) is 5.69 Å². The molecule has 0 atom stereocenters. The number of nitrogens with one attached hydrogen (secondary N) is 1. The Bertz CT molecular complexity index is 445. The third-order valence-corrected chi connectivity index (χ3v) is 3.01. The van der Waals surface area contributed by atoms with E-state index in [2.05, 4.69) is 26.2 Å². The average Bonchev–Trinajstić information content (AvgIpc) is 2.73. The van der Waals surface area contributed by atoms with Crippen LogP contribution >= 0.6 is 27.5 Å². The summed E-state index contributed by atoms with van der Waals surface area (Å²) in [7, 11) is 0. The highest BCUT2D eigenvalue weighted by atomic mass is 79.9. The van der Waals surface area contributed by atoms with Crippen LogP contribution in [-0.4, -0.2) is 4.98 Å². The predicted octanol–water partition coefficient (Wildman–Crippen LogP) is 3.70. The Hall–Kier alpha value is -1.00. The van der Waals surface area contributed by atoms with Crippen molar-refractivity contribution in [3.05, 3.63) is 46.0 Å². The van der Waals surface area contributed by atoms with E-state index in [1.165, 1.54) is 0 Å². The number of rotatable bonds is 3. The lowest BCUT2D eigenvalue weighted by molar-refractivity contribution is 0.564. The number of hydrogen-bond acceptors (Lipinski definition) is 3. The van der Waals surface area contributed by atoms with Gasteiger partial charge in [-0.1, -0.05) is 11.6 Å². The van der Waals surface area contributed by atoms with Crippen molar-refractivity contribution in [2.75, 3.05) is 5.32 Å². The summed E-state index contributed by atoms with van der Waals surface area (Å²) < 4.78 is 5.74. The smallest absolute Gasteiger partial charge is 0.143 e. The Kier molecular flexibility index (Phi) is 3.28. The molecular formula is C10H8BrClN2O. The minimum absolute atomic E-state index is 0.462. The van der Waals surface area contributed by atoms with E-state index in [0.29, 0.717) is 11.7 Å². The third kappa shape index (κ3) is 2.73. The quantitative estimate of drug-likeness (QED) is 0.875. The van der Waals surface area contributed by atoms with Crippen LogP contribution < -0.4 is 5.32 Å². The molecule has 0 amide bonds. The molecule has 1 N–H and O–H groups in total. The molecule has 2 heterocycles. The summed E-state index contributed by atoms with van der Waals surface area (Å²) in [6.45, 7) is 0.701. The van der Waals surface area contributed by atoms with Crippen molar-refractivity contribution >= 4 is 33.2 Å². The SMILES string of the molecule is Clc1ncc(NCc2ccoc2)cc1Br. The van der Waals surface area contributed by atoms with Gasteiger partial charge in [-0.25, -0.2) is 4.98 Å². The Morgan fingerprint density at radius 3 is 3.07 bits per heavy atom. The van der Waals surface area contributed by atoms with Gasteiger partial charge in [0.15, 0.2) is 0 Å². The van der Waals surface area contributed by atoms with Gasteiger partial charge in [0.05, 0.1) is 28.9 Å². The van der Waals surface area contributed by atoms with Crippen molar-refractivity contribution in [3.63, 3.8) is 0 Å². The van der Waals surface area contributed by atoms with Crippen LogP contribution in [-0.2, 0) is 6.54 Å². The summed E-state index contributed by atoms with van der Waals surface area (Å²) in [6.07, 6.45) is 5.03. The topological polar surface area (TPSA) is 38.1 Å². The minimum Gasteiger partial charge on any atom is -0.472 e. The first-order chi connectivity index (χ1) is 7.25. The first-order valence-electron chi connectivity index (χ1n) is 4.31. The highest BCUT2D eigenvalue weighted by Crippen LogP contribution is 2.23. The number of nitrogens with zero attached hydrogens (tertiary/aromatic N) is 1. The molecule has 0 aliphatic heterocycles. The number of anilines is 1. The molecule has 0 aliphatic rings. The van der Waals surface area contributed by atoms with E-state index in [1.54, 1.807) is 18.7 Å². The van der Waals surface area contributed by atoms with Crippen LogP contribution in [0, 0.1) is 0 Å². The largest absolute Gasteiger partial charge is 0.472 e. The van der Waals surface area contributed by atoms with Crippen molar-refractivity contribution in [1.29, 1.82) is 0 Å². The van der Waals surface area contributed by atoms with Crippen molar-refractivity contribution in [1.82, 2.24) is 4.98 Å². The van der Waals surface area contributed by atoms with Gasteiger partial charge in [-0.15, -0.1) is 0 Å². The van der Waals surface area contributed by atoms with Gasteiger partial charge in [-0.3, -0.25) is 0 Å². The molecule has 0 aliphatic carbocycles. The average molecular weight is 288 g/mol. The highest BCUT2D eigenvalue weighted by molar-refractivity contribution is 9.10. The molecular weight excluding hydrogens is 279 g/mol. The number of halogens is 2. The fourth-order valence-corrected chi connectivity index (χ4v) is 1.57. The van der Waals surface area contributed by atoms with Crippen LogP contribution in [0.25, 0.3) is 0 Å². The van der Waals surface area contributed by atoms with E-state index >= 15 is 0 Å². The number of hydrogen-bond donors (Lipinski definition) is 1. The molecule has 0 unspecified atom stereocenters. The fraction of sp³-hybridized carbons (Fsp3) is 0.100. The van der Waals surface area contributed by atoms with Gasteiger partial charge < -0.3 is 9.73 Å². The Balaban J connectivity index is 2.02. The summed E-state index contributed by atoms with van der Waals surface area (Å²) in [5, 5.41) is 3.67. The van der Waals surface area contributed by atoms with Gasteiger partial charge >= 0.3 is 0 Å². The maximum Gasteiger partial charge on any atom is 0.143 e. The molecule has 0 saturated carbocycles. The predicted molar refractivity (Wildman–Crippen MR) is 63.0 cm³/mol. The Labute approximate surface area is 101 Å². The second-order valence-electron chi connectivity index (χ2n) is 2.98. The summed E-state index contributed by atoms with van der Waals surface area (Å²) in [5.74, 6) is 0. The maximum absolute atomic E-state index is 5.78. The number of furan rings is 1. The van der Waals surface area contributed by atoms with Gasteiger partial charge in [0.25, 0.3) is 0 Å². The zero-order valence-corrected chi connectivity index (χ0v) is 10.0. The van der Waals surface area contributed by atoms with E-state index in [9.17, 15) is 0 Å². The van der Waals surface area contributed by atoms with Crippen molar-refractivity contribution in [2.24, 2.45) is 0 Å². The van der Waals surface area contributed by atoms with Gasteiger partial charge in [0.2, 0.25) is 0 Å². The molecule has 5 heteroatoms. The van der Waals surface area contributed by atoms with Crippen LogP contribution in [0.3, 0.4) is 0 Å². The second kappa shape index (κ2) is 4.68. The number of pyridine rings is 1. The summed E-state index contributed by atoms with van der Waals surface area (Å²) in [6, 6.07) is 3.79. The molecule has 0 radical (unpaired) electrons. The van der Waals surface area contributed by atoms with Crippen LogP contribution in [0.5, 0.6) is 0 Å². The molecule has 78 valence electrons. The molecule has 2 rings (SSSR count). The lowest BCUT2D eigenvalue weighted by Crippen LogP contribution is -1.98. The fourth-order valence-electron chi connectivity index (χ4n) is 1.12. The molecule has 2 aromatic heterocycles. The molecule has 0 bridgehead atoms. The first-order valence-corrected chi connectivity index (χ1v) is 5.49. The Morgan fingerprint density at radius 2 is 2.40 bits per heavy atom. The standard InChI is InChI=1S/C10H8BrClN2O/c11-9-3-8(5-14-10(9)12)13-4-7-1-2-15-6-7/h1-3,5-6,13H,4H2. The Morgan fingerprint density at radius 1 is 1.53 bits per heavy atom. The molecule has 0 saturated heterocycles. The lowest BCUT2D eigenvalue weighted by Gasteiger charge is -2.04. The summed E-state index contributed by atoms with van der Waals surface area (Å²) in [4.78, 5) is 4.01. The van der Waals surface area contributed by atoms with E-state index in [4.69, 9.17) is 16.0 Å². The van der Waals surface area contributed by atoms with E-state index in [0.717, 1.165) is 15.7 Å². The lowest BCUT2D eigenvalue weighted by atomic mass is 10.3. The molecule has 0 aromatic carbocycles. The summed E-state index contributed by atoms with van der Waals surface area (Å²) >= 11 is 9.09. The zero-order valence-electron chi connectivity index (χ0n) is 7.71. The normalized spacial score (nSPS) is 10.3. The molecule has 0 fully saturated rings. The van der Waals surface area contributed by atoms with Crippen molar-refractivity contribution in [2.45, 2.75) is 6.54 Å². The molecule has 0 spiro atoms.